The monoisotopic (exact) mass is 446 g/mol. The highest BCUT2D eigenvalue weighted by Gasteiger charge is 2.18. The van der Waals surface area contributed by atoms with Crippen LogP contribution in [0.5, 0.6) is 0 Å². The number of halogens is 4. The predicted octanol–water partition coefficient (Wildman–Crippen LogP) is 6.10. The van der Waals surface area contributed by atoms with E-state index in [0.29, 0.717) is 0 Å². The summed E-state index contributed by atoms with van der Waals surface area (Å²) in [5.74, 6) is 0. The Morgan fingerprint density at radius 3 is 2.69 bits per heavy atom. The standard InChI is InChI=1S/C11H6BrCl2IS/c12-8-2-1-6(15)5-7(8)10(14)11-9(13)3-4-16-11/h1-5,10H. The first kappa shape index (κ1) is 13.1. The molecule has 5 heteroatoms. The van der Waals surface area contributed by atoms with Crippen LogP contribution in [0.4, 0.5) is 0 Å². The van der Waals surface area contributed by atoms with E-state index in [1.807, 2.05) is 23.6 Å². The molecule has 0 nitrogen and oxygen atoms in total. The molecule has 1 atom stereocenters. The van der Waals surface area contributed by atoms with Crippen LogP contribution in [0, 0.1) is 3.57 Å². The molecule has 1 aromatic heterocycles. The largest absolute Gasteiger partial charge is 0.145 e. The van der Waals surface area contributed by atoms with Crippen molar-refractivity contribution in [3.8, 4) is 0 Å². The second-order valence-corrected chi connectivity index (χ2v) is 7.05. The van der Waals surface area contributed by atoms with E-state index in [2.05, 4.69) is 44.6 Å². The van der Waals surface area contributed by atoms with Gasteiger partial charge in [0, 0.05) is 12.9 Å². The Labute approximate surface area is 130 Å². The normalized spacial score (nSPS) is 12.8. The second kappa shape index (κ2) is 5.57. The van der Waals surface area contributed by atoms with Crippen molar-refractivity contribution in [1.82, 2.24) is 0 Å². The lowest BCUT2D eigenvalue weighted by Gasteiger charge is -2.11. The Kier molecular flexibility index (Phi) is 4.58. The van der Waals surface area contributed by atoms with Crippen molar-refractivity contribution >= 4 is 73.1 Å². The fourth-order valence-electron chi connectivity index (χ4n) is 1.34. The molecular weight excluding hydrogens is 442 g/mol. The maximum atomic E-state index is 6.45. The van der Waals surface area contributed by atoms with Gasteiger partial charge in [0.2, 0.25) is 0 Å². The minimum absolute atomic E-state index is 0.198. The molecule has 84 valence electrons. The number of alkyl halides is 1. The number of hydrogen-bond acceptors (Lipinski definition) is 1. The summed E-state index contributed by atoms with van der Waals surface area (Å²) in [4.78, 5) is 0.992. The quantitative estimate of drug-likeness (QED) is 0.385. The molecule has 0 spiro atoms. The third-order valence-corrected chi connectivity index (χ3v) is 5.51. The minimum atomic E-state index is -0.198. The Morgan fingerprint density at radius 2 is 2.06 bits per heavy atom. The summed E-state index contributed by atoms with van der Waals surface area (Å²) in [6.07, 6.45) is 0. The molecule has 0 amide bonds. The summed E-state index contributed by atoms with van der Waals surface area (Å²) >= 11 is 19.9. The molecule has 16 heavy (non-hydrogen) atoms. The first-order valence-electron chi connectivity index (χ1n) is 4.41. The van der Waals surface area contributed by atoms with Crippen molar-refractivity contribution in [3.05, 3.63) is 53.2 Å². The molecule has 0 radical (unpaired) electrons. The van der Waals surface area contributed by atoms with Crippen LogP contribution in [0.1, 0.15) is 15.8 Å². The van der Waals surface area contributed by atoms with Crippen molar-refractivity contribution in [2.75, 3.05) is 0 Å². The molecule has 2 aromatic rings. The van der Waals surface area contributed by atoms with Gasteiger partial charge in [-0.1, -0.05) is 27.5 Å². The Morgan fingerprint density at radius 1 is 1.31 bits per heavy atom. The first-order chi connectivity index (χ1) is 7.59. The van der Waals surface area contributed by atoms with Crippen LogP contribution in [-0.2, 0) is 0 Å². The topological polar surface area (TPSA) is 0 Å². The van der Waals surface area contributed by atoms with Gasteiger partial charge in [-0.2, -0.15) is 0 Å². The van der Waals surface area contributed by atoms with E-state index in [1.54, 1.807) is 11.3 Å². The SMILES string of the molecule is Clc1ccsc1C(Cl)c1cc(I)ccc1Br. The molecule has 0 saturated carbocycles. The average molecular weight is 448 g/mol. The van der Waals surface area contributed by atoms with Crippen molar-refractivity contribution in [3.63, 3.8) is 0 Å². The maximum Gasteiger partial charge on any atom is 0.0953 e. The molecule has 0 saturated heterocycles. The van der Waals surface area contributed by atoms with Gasteiger partial charge in [-0.25, -0.2) is 0 Å². The summed E-state index contributed by atoms with van der Waals surface area (Å²) in [7, 11) is 0. The van der Waals surface area contributed by atoms with E-state index >= 15 is 0 Å². The van der Waals surface area contributed by atoms with E-state index in [-0.39, 0.29) is 5.38 Å². The van der Waals surface area contributed by atoms with Crippen molar-refractivity contribution in [2.45, 2.75) is 5.38 Å². The third-order valence-electron chi connectivity index (χ3n) is 2.11. The average Bonchev–Trinajstić information content (AvgIpc) is 2.67. The highest BCUT2D eigenvalue weighted by atomic mass is 127. The smallest absolute Gasteiger partial charge is 0.0953 e. The van der Waals surface area contributed by atoms with Gasteiger partial charge in [-0.3, -0.25) is 0 Å². The van der Waals surface area contributed by atoms with Gasteiger partial charge in [-0.05, 0) is 57.8 Å². The van der Waals surface area contributed by atoms with Crippen LogP contribution in [-0.4, -0.2) is 0 Å². The molecule has 0 N–H and O–H groups in total. The van der Waals surface area contributed by atoms with Crippen molar-refractivity contribution in [1.29, 1.82) is 0 Å². The van der Waals surface area contributed by atoms with Crippen LogP contribution >= 0.6 is 73.1 Å². The predicted molar refractivity (Wildman–Crippen MR) is 83.9 cm³/mol. The lowest BCUT2D eigenvalue weighted by atomic mass is 10.1. The maximum absolute atomic E-state index is 6.45. The lowest BCUT2D eigenvalue weighted by molar-refractivity contribution is 1.16. The van der Waals surface area contributed by atoms with Gasteiger partial charge in [0.25, 0.3) is 0 Å². The molecule has 2 rings (SSSR count). The second-order valence-electron chi connectivity index (χ2n) is 3.16. The number of benzene rings is 1. The molecular formula is C11H6BrCl2IS. The molecule has 0 aliphatic heterocycles. The summed E-state index contributed by atoms with van der Waals surface area (Å²) in [6, 6.07) is 7.99. The minimum Gasteiger partial charge on any atom is -0.145 e. The first-order valence-corrected chi connectivity index (χ1v) is 7.98. The zero-order valence-electron chi connectivity index (χ0n) is 7.88. The van der Waals surface area contributed by atoms with Crippen LogP contribution in [0.2, 0.25) is 5.02 Å². The van der Waals surface area contributed by atoms with Gasteiger partial charge < -0.3 is 0 Å². The number of thiophene rings is 1. The van der Waals surface area contributed by atoms with E-state index in [4.69, 9.17) is 23.2 Å². The zero-order chi connectivity index (χ0) is 11.7. The molecule has 0 bridgehead atoms. The van der Waals surface area contributed by atoms with Crippen molar-refractivity contribution < 1.29 is 0 Å². The van der Waals surface area contributed by atoms with E-state index < -0.39 is 0 Å². The van der Waals surface area contributed by atoms with Crippen molar-refractivity contribution in [2.24, 2.45) is 0 Å². The van der Waals surface area contributed by atoms with Crippen LogP contribution in [0.25, 0.3) is 0 Å². The van der Waals surface area contributed by atoms with E-state index in [0.717, 1.165) is 23.5 Å². The number of rotatable bonds is 2. The summed E-state index contributed by atoms with van der Waals surface area (Å²) in [6.45, 7) is 0. The van der Waals surface area contributed by atoms with Gasteiger partial charge in [0.1, 0.15) is 0 Å². The molecule has 1 aromatic carbocycles. The van der Waals surface area contributed by atoms with Gasteiger partial charge >= 0.3 is 0 Å². The lowest BCUT2D eigenvalue weighted by Crippen LogP contribution is -1.93. The molecule has 0 aliphatic carbocycles. The fourth-order valence-corrected chi connectivity index (χ4v) is 4.13. The Balaban J connectivity index is 2.45. The van der Waals surface area contributed by atoms with Gasteiger partial charge in [-0.15, -0.1) is 22.9 Å². The van der Waals surface area contributed by atoms with Gasteiger partial charge in [0.05, 0.1) is 10.4 Å². The Bertz CT molecular complexity index is 512. The third kappa shape index (κ3) is 2.75. The zero-order valence-corrected chi connectivity index (χ0v) is 14.0. The summed E-state index contributed by atoms with van der Waals surface area (Å²) in [5, 5.41) is 2.49. The van der Waals surface area contributed by atoms with E-state index in [9.17, 15) is 0 Å². The highest BCUT2D eigenvalue weighted by molar-refractivity contribution is 14.1. The highest BCUT2D eigenvalue weighted by Crippen LogP contribution is 2.40. The molecule has 0 fully saturated rings. The summed E-state index contributed by atoms with van der Waals surface area (Å²) in [5.41, 5.74) is 1.05. The molecule has 1 unspecified atom stereocenters. The van der Waals surface area contributed by atoms with Crippen LogP contribution < -0.4 is 0 Å². The number of hydrogen-bond donors (Lipinski definition) is 0. The van der Waals surface area contributed by atoms with Crippen LogP contribution in [0.3, 0.4) is 0 Å². The summed E-state index contributed by atoms with van der Waals surface area (Å²) < 4.78 is 2.17. The Hall–Kier alpha value is 0.710. The molecule has 1 heterocycles. The fraction of sp³-hybridized carbons (Fsp3) is 0.0909. The van der Waals surface area contributed by atoms with Crippen LogP contribution in [0.15, 0.2) is 34.1 Å². The van der Waals surface area contributed by atoms with Gasteiger partial charge in [0.15, 0.2) is 0 Å². The van der Waals surface area contributed by atoms with E-state index in [1.165, 1.54) is 0 Å². The molecule has 0 aliphatic rings.